The number of hydrogen-bond acceptors (Lipinski definition) is 3. The molecule has 0 aliphatic rings. The van der Waals surface area contributed by atoms with E-state index < -0.39 is 5.97 Å². The van der Waals surface area contributed by atoms with Gasteiger partial charge in [-0.1, -0.05) is 12.1 Å². The van der Waals surface area contributed by atoms with Gasteiger partial charge < -0.3 is 10.1 Å². The smallest absolute Gasteiger partial charge is 0.337 e. The maximum atomic E-state index is 12.6. The van der Waals surface area contributed by atoms with Crippen molar-refractivity contribution in [2.45, 2.75) is 27.7 Å². The molecule has 120 valence electrons. The molecule has 4 nitrogen and oxygen atoms in total. The predicted molar refractivity (Wildman–Crippen MR) is 91.1 cm³/mol. The number of esters is 1. The largest absolute Gasteiger partial charge is 0.465 e. The summed E-state index contributed by atoms with van der Waals surface area (Å²) < 4.78 is 4.72. The molecule has 0 bridgehead atoms. The van der Waals surface area contributed by atoms with Crippen molar-refractivity contribution in [1.29, 1.82) is 0 Å². The van der Waals surface area contributed by atoms with E-state index in [1.165, 1.54) is 7.11 Å². The molecule has 0 saturated carbocycles. The van der Waals surface area contributed by atoms with Crippen LogP contribution in [0.5, 0.6) is 0 Å². The summed E-state index contributed by atoms with van der Waals surface area (Å²) in [6, 6.07) is 8.99. The Morgan fingerprint density at radius 3 is 2.17 bits per heavy atom. The molecule has 2 aromatic carbocycles. The molecule has 0 spiro atoms. The molecule has 1 amide bonds. The number of rotatable bonds is 3. The molecule has 0 aromatic heterocycles. The fraction of sp³-hybridized carbons (Fsp3) is 0.263. The lowest BCUT2D eigenvalue weighted by Crippen LogP contribution is -2.15. The fourth-order valence-corrected chi connectivity index (χ4v) is 2.40. The second-order valence-electron chi connectivity index (χ2n) is 5.73. The van der Waals surface area contributed by atoms with Gasteiger partial charge in [0.05, 0.1) is 12.7 Å². The fourth-order valence-electron chi connectivity index (χ4n) is 2.40. The first-order valence-electron chi connectivity index (χ1n) is 7.41. The molecule has 1 N–H and O–H groups in total. The molecule has 0 aliphatic carbocycles. The van der Waals surface area contributed by atoms with Crippen LogP contribution in [0.25, 0.3) is 0 Å². The zero-order valence-corrected chi connectivity index (χ0v) is 14.1. The molecule has 0 atom stereocenters. The number of hydrogen-bond donors (Lipinski definition) is 1. The summed E-state index contributed by atoms with van der Waals surface area (Å²) in [5, 5.41) is 2.89. The zero-order chi connectivity index (χ0) is 17.1. The Hall–Kier alpha value is -2.62. The maximum absolute atomic E-state index is 12.6. The normalized spacial score (nSPS) is 10.3. The quantitative estimate of drug-likeness (QED) is 0.873. The summed E-state index contributed by atoms with van der Waals surface area (Å²) >= 11 is 0. The van der Waals surface area contributed by atoms with Crippen LogP contribution in [0.2, 0.25) is 0 Å². The lowest BCUT2D eigenvalue weighted by molar-refractivity contribution is 0.0600. The van der Waals surface area contributed by atoms with E-state index >= 15 is 0 Å². The van der Waals surface area contributed by atoms with Gasteiger partial charge in [-0.05, 0) is 68.1 Å². The van der Waals surface area contributed by atoms with E-state index in [-0.39, 0.29) is 5.91 Å². The summed E-state index contributed by atoms with van der Waals surface area (Å²) in [5.74, 6) is -0.612. The Balaban J connectivity index is 2.34. The number of anilines is 1. The van der Waals surface area contributed by atoms with Gasteiger partial charge in [-0.2, -0.15) is 0 Å². The molecule has 0 unspecified atom stereocenters. The third kappa shape index (κ3) is 3.59. The molecule has 2 rings (SSSR count). The SMILES string of the molecule is COC(=O)c1ccc(C)c(NC(=O)c2cc(C)c(C)cc2C)c1. The van der Waals surface area contributed by atoms with Crippen LogP contribution in [0.3, 0.4) is 0 Å². The van der Waals surface area contributed by atoms with Gasteiger partial charge in [-0.25, -0.2) is 4.79 Å². The number of carbonyl (C=O) groups excluding carboxylic acids is 2. The first-order valence-corrected chi connectivity index (χ1v) is 7.41. The highest BCUT2D eigenvalue weighted by molar-refractivity contribution is 6.06. The van der Waals surface area contributed by atoms with Crippen molar-refractivity contribution in [3.63, 3.8) is 0 Å². The summed E-state index contributed by atoms with van der Waals surface area (Å²) in [6.07, 6.45) is 0. The molecule has 0 radical (unpaired) electrons. The van der Waals surface area contributed by atoms with Crippen LogP contribution in [0.15, 0.2) is 30.3 Å². The Bertz CT molecular complexity index is 778. The third-order valence-corrected chi connectivity index (χ3v) is 3.99. The van der Waals surface area contributed by atoms with Gasteiger partial charge in [0.2, 0.25) is 0 Å². The van der Waals surface area contributed by atoms with Crippen LogP contribution in [0.4, 0.5) is 5.69 Å². The monoisotopic (exact) mass is 311 g/mol. The zero-order valence-electron chi connectivity index (χ0n) is 14.1. The second kappa shape index (κ2) is 6.65. The first-order chi connectivity index (χ1) is 10.8. The van der Waals surface area contributed by atoms with Crippen molar-refractivity contribution in [2.75, 3.05) is 12.4 Å². The Morgan fingerprint density at radius 2 is 1.52 bits per heavy atom. The van der Waals surface area contributed by atoms with E-state index in [1.54, 1.807) is 18.2 Å². The number of aryl methyl sites for hydroxylation is 4. The van der Waals surface area contributed by atoms with Crippen molar-refractivity contribution in [1.82, 2.24) is 0 Å². The van der Waals surface area contributed by atoms with E-state index in [2.05, 4.69) is 5.32 Å². The van der Waals surface area contributed by atoms with Crippen molar-refractivity contribution in [2.24, 2.45) is 0 Å². The second-order valence-corrected chi connectivity index (χ2v) is 5.73. The molecule has 23 heavy (non-hydrogen) atoms. The van der Waals surface area contributed by atoms with Crippen LogP contribution in [0, 0.1) is 27.7 Å². The predicted octanol–water partition coefficient (Wildman–Crippen LogP) is 3.96. The summed E-state index contributed by atoms with van der Waals surface area (Å²) in [5.41, 5.74) is 5.68. The molecule has 4 heteroatoms. The highest BCUT2D eigenvalue weighted by Crippen LogP contribution is 2.21. The average Bonchev–Trinajstić information content (AvgIpc) is 2.52. The molecule has 0 saturated heterocycles. The van der Waals surface area contributed by atoms with E-state index in [9.17, 15) is 9.59 Å². The van der Waals surface area contributed by atoms with Crippen LogP contribution < -0.4 is 5.32 Å². The van der Waals surface area contributed by atoms with E-state index in [4.69, 9.17) is 4.74 Å². The highest BCUT2D eigenvalue weighted by Gasteiger charge is 2.14. The van der Waals surface area contributed by atoms with Gasteiger partial charge in [-0.15, -0.1) is 0 Å². The average molecular weight is 311 g/mol. The minimum absolute atomic E-state index is 0.185. The minimum atomic E-state index is -0.428. The van der Waals surface area contributed by atoms with Crippen molar-refractivity contribution < 1.29 is 14.3 Å². The Labute approximate surface area is 136 Å². The molecule has 0 fully saturated rings. The van der Waals surface area contributed by atoms with E-state index in [0.29, 0.717) is 16.8 Å². The van der Waals surface area contributed by atoms with Crippen LogP contribution >= 0.6 is 0 Å². The first kappa shape index (κ1) is 16.7. The minimum Gasteiger partial charge on any atom is -0.465 e. The summed E-state index contributed by atoms with van der Waals surface area (Å²) in [6.45, 7) is 7.80. The van der Waals surface area contributed by atoms with Gasteiger partial charge in [-0.3, -0.25) is 4.79 Å². The number of ether oxygens (including phenoxy) is 1. The standard InChI is InChI=1S/C19H21NO3/c1-11-6-7-15(19(22)23-5)10-17(11)20-18(21)16-9-13(3)12(2)8-14(16)4/h6-10H,1-5H3,(H,20,21). The van der Waals surface area contributed by atoms with Crippen molar-refractivity contribution in [3.8, 4) is 0 Å². The number of carbonyl (C=O) groups is 2. The summed E-state index contributed by atoms with van der Waals surface area (Å²) in [4.78, 5) is 24.2. The van der Waals surface area contributed by atoms with Gasteiger partial charge >= 0.3 is 5.97 Å². The highest BCUT2D eigenvalue weighted by atomic mass is 16.5. The maximum Gasteiger partial charge on any atom is 0.337 e. The molecule has 2 aromatic rings. The van der Waals surface area contributed by atoms with Gasteiger partial charge in [0, 0.05) is 11.3 Å². The lowest BCUT2D eigenvalue weighted by Gasteiger charge is -2.13. The van der Waals surface area contributed by atoms with Crippen LogP contribution in [-0.2, 0) is 4.74 Å². The summed E-state index contributed by atoms with van der Waals surface area (Å²) in [7, 11) is 1.33. The van der Waals surface area contributed by atoms with Gasteiger partial charge in [0.25, 0.3) is 5.91 Å². The topological polar surface area (TPSA) is 55.4 Å². The van der Waals surface area contributed by atoms with E-state index in [0.717, 1.165) is 22.3 Å². The number of amides is 1. The van der Waals surface area contributed by atoms with Gasteiger partial charge in [0.1, 0.15) is 0 Å². The Kier molecular flexibility index (Phi) is 4.84. The van der Waals surface area contributed by atoms with Crippen LogP contribution in [0.1, 0.15) is 43.0 Å². The number of nitrogens with one attached hydrogen (secondary N) is 1. The lowest BCUT2D eigenvalue weighted by atomic mass is 10.00. The van der Waals surface area contributed by atoms with Crippen molar-refractivity contribution >= 4 is 17.6 Å². The van der Waals surface area contributed by atoms with Crippen molar-refractivity contribution in [3.05, 3.63) is 63.7 Å². The molecular formula is C19H21NO3. The van der Waals surface area contributed by atoms with E-state index in [1.807, 2.05) is 39.8 Å². The van der Waals surface area contributed by atoms with Crippen LogP contribution in [-0.4, -0.2) is 19.0 Å². The number of benzene rings is 2. The molecule has 0 heterocycles. The van der Waals surface area contributed by atoms with Gasteiger partial charge in [0.15, 0.2) is 0 Å². The number of methoxy groups -OCH3 is 1. The molecular weight excluding hydrogens is 290 g/mol. The third-order valence-electron chi connectivity index (χ3n) is 3.99. The molecule has 0 aliphatic heterocycles. The Morgan fingerprint density at radius 1 is 0.870 bits per heavy atom.